The van der Waals surface area contributed by atoms with E-state index in [-0.39, 0.29) is 10.8 Å². The van der Waals surface area contributed by atoms with Gasteiger partial charge in [-0.15, -0.1) is 0 Å². The van der Waals surface area contributed by atoms with Crippen molar-refractivity contribution in [2.24, 2.45) is 0 Å². The van der Waals surface area contributed by atoms with Crippen LogP contribution in [-0.2, 0) is 27.7 Å². The zero-order chi connectivity index (χ0) is 21.0. The van der Waals surface area contributed by atoms with Gasteiger partial charge in [0.15, 0.2) is 6.10 Å². The molecule has 1 unspecified atom stereocenters. The van der Waals surface area contributed by atoms with E-state index in [9.17, 15) is 13.2 Å². The number of rotatable bonds is 6. The number of ether oxygens (including phenoxy) is 1. The molecule has 1 N–H and O–H groups in total. The van der Waals surface area contributed by atoms with Gasteiger partial charge in [0.1, 0.15) is 5.75 Å². The molecule has 1 fully saturated rings. The number of fused-ring (bicyclic) bond motifs is 1. The summed E-state index contributed by atoms with van der Waals surface area (Å²) in [5.74, 6) is 0.423. The first-order valence-electron chi connectivity index (χ1n) is 10.7. The largest absolute Gasteiger partial charge is 0.480 e. The Bertz CT molecular complexity index is 984. The molecule has 0 aromatic heterocycles. The van der Waals surface area contributed by atoms with E-state index in [2.05, 4.69) is 5.32 Å². The number of nitrogens with zero attached hydrogens (tertiary/aromatic N) is 1. The molecule has 2 aromatic carbocycles. The van der Waals surface area contributed by atoms with Crippen LogP contribution >= 0.6 is 0 Å². The minimum Gasteiger partial charge on any atom is -0.480 e. The van der Waals surface area contributed by atoms with Gasteiger partial charge >= 0.3 is 0 Å². The Kier molecular flexibility index (Phi) is 6.39. The van der Waals surface area contributed by atoms with Crippen LogP contribution in [0.3, 0.4) is 0 Å². The first-order chi connectivity index (χ1) is 14.5. The lowest BCUT2D eigenvalue weighted by molar-refractivity contribution is -0.127. The summed E-state index contributed by atoms with van der Waals surface area (Å²) in [4.78, 5) is 12.8. The average molecular weight is 429 g/mol. The second kappa shape index (κ2) is 9.18. The summed E-state index contributed by atoms with van der Waals surface area (Å²) in [7, 11) is -3.51. The molecule has 7 heteroatoms. The van der Waals surface area contributed by atoms with E-state index in [1.165, 1.54) is 0 Å². The monoisotopic (exact) mass is 428 g/mol. The molecular formula is C23H28N2O4S. The first kappa shape index (κ1) is 20.9. The molecular weight excluding hydrogens is 400 g/mol. The third kappa shape index (κ3) is 4.68. The Morgan fingerprint density at radius 1 is 1.03 bits per heavy atom. The number of carbonyl (C=O) groups is 1. The van der Waals surface area contributed by atoms with Crippen molar-refractivity contribution in [2.45, 2.75) is 49.5 Å². The van der Waals surface area contributed by atoms with Crippen LogP contribution in [0, 0.1) is 0 Å². The van der Waals surface area contributed by atoms with Crippen LogP contribution in [0.25, 0.3) is 0 Å². The molecule has 0 spiro atoms. The molecule has 0 saturated carbocycles. The van der Waals surface area contributed by atoms with Crippen LogP contribution in [0.15, 0.2) is 53.4 Å². The number of benzene rings is 2. The second-order valence-electron chi connectivity index (χ2n) is 7.93. The van der Waals surface area contributed by atoms with E-state index >= 15 is 0 Å². The fourth-order valence-electron chi connectivity index (χ4n) is 4.05. The van der Waals surface area contributed by atoms with E-state index in [1.807, 2.05) is 30.3 Å². The van der Waals surface area contributed by atoms with E-state index in [4.69, 9.17) is 4.74 Å². The standard InChI is InChI=1S/C23H28N2O4S/c26-23(24-13-12-18-8-4-3-5-9-18)22-17-19-16-20(10-11-21(19)29-22)30(27,28)25-14-6-1-2-7-15-25/h3-5,8-11,16,22H,1-2,6-7,12-15,17H2,(H,24,26). The fourth-order valence-corrected chi connectivity index (χ4v) is 5.62. The zero-order valence-electron chi connectivity index (χ0n) is 17.0. The van der Waals surface area contributed by atoms with E-state index in [0.29, 0.717) is 31.8 Å². The molecule has 0 bridgehead atoms. The maximum Gasteiger partial charge on any atom is 0.261 e. The number of hydrogen-bond acceptors (Lipinski definition) is 4. The lowest BCUT2D eigenvalue weighted by Crippen LogP contribution is -2.38. The Labute approximate surface area is 178 Å². The quantitative estimate of drug-likeness (QED) is 0.768. The summed E-state index contributed by atoms with van der Waals surface area (Å²) in [5, 5.41) is 2.92. The molecule has 2 aromatic rings. The van der Waals surface area contributed by atoms with Gasteiger partial charge in [0.2, 0.25) is 10.0 Å². The maximum atomic E-state index is 13.0. The van der Waals surface area contributed by atoms with Crippen molar-refractivity contribution in [3.63, 3.8) is 0 Å². The molecule has 160 valence electrons. The van der Waals surface area contributed by atoms with Gasteiger partial charge in [0.25, 0.3) is 5.91 Å². The molecule has 0 aliphatic carbocycles. The minimum atomic E-state index is -3.51. The third-order valence-corrected chi connectivity index (χ3v) is 7.65. The van der Waals surface area contributed by atoms with Crippen LogP contribution in [0.2, 0.25) is 0 Å². The fraction of sp³-hybridized carbons (Fsp3) is 0.435. The molecule has 2 aliphatic heterocycles. The molecule has 30 heavy (non-hydrogen) atoms. The summed E-state index contributed by atoms with van der Waals surface area (Å²) in [6.45, 7) is 1.68. The Morgan fingerprint density at radius 3 is 2.50 bits per heavy atom. The topological polar surface area (TPSA) is 75.7 Å². The number of hydrogen-bond donors (Lipinski definition) is 1. The van der Waals surface area contributed by atoms with Gasteiger partial charge in [0.05, 0.1) is 4.90 Å². The number of carbonyl (C=O) groups excluding carboxylic acids is 1. The van der Waals surface area contributed by atoms with Crippen molar-refractivity contribution in [3.8, 4) is 5.75 Å². The second-order valence-corrected chi connectivity index (χ2v) is 9.86. The predicted octanol–water partition coefficient (Wildman–Crippen LogP) is 2.91. The smallest absolute Gasteiger partial charge is 0.261 e. The first-order valence-corrected chi connectivity index (χ1v) is 12.1. The highest BCUT2D eigenvalue weighted by atomic mass is 32.2. The molecule has 6 nitrogen and oxygen atoms in total. The van der Waals surface area contributed by atoms with Crippen LogP contribution in [0.1, 0.15) is 36.8 Å². The summed E-state index contributed by atoms with van der Waals surface area (Å²) >= 11 is 0. The molecule has 0 radical (unpaired) electrons. The highest BCUT2D eigenvalue weighted by Crippen LogP contribution is 2.32. The predicted molar refractivity (Wildman–Crippen MR) is 115 cm³/mol. The average Bonchev–Trinajstić information content (AvgIpc) is 2.98. The van der Waals surface area contributed by atoms with Gasteiger partial charge < -0.3 is 10.1 Å². The van der Waals surface area contributed by atoms with Gasteiger partial charge in [-0.3, -0.25) is 4.79 Å². The van der Waals surface area contributed by atoms with E-state index in [1.54, 1.807) is 22.5 Å². The van der Waals surface area contributed by atoms with Crippen molar-refractivity contribution < 1.29 is 17.9 Å². The summed E-state index contributed by atoms with van der Waals surface area (Å²) < 4.78 is 33.4. The van der Waals surface area contributed by atoms with Gasteiger partial charge in [-0.05, 0) is 48.6 Å². The lowest BCUT2D eigenvalue weighted by atomic mass is 10.1. The Hall–Kier alpha value is -2.38. The highest BCUT2D eigenvalue weighted by molar-refractivity contribution is 7.89. The van der Waals surface area contributed by atoms with Gasteiger partial charge in [-0.2, -0.15) is 4.31 Å². The molecule has 2 heterocycles. The number of sulfonamides is 1. The van der Waals surface area contributed by atoms with Crippen molar-refractivity contribution in [1.82, 2.24) is 9.62 Å². The number of nitrogens with one attached hydrogen (secondary N) is 1. The van der Waals surface area contributed by atoms with Gasteiger partial charge in [0, 0.05) is 26.1 Å². The molecule has 1 saturated heterocycles. The Balaban J connectivity index is 1.38. The SMILES string of the molecule is O=C(NCCc1ccccc1)C1Cc2cc(S(=O)(=O)N3CCCCCC3)ccc2O1. The van der Waals surface area contributed by atoms with Crippen LogP contribution in [0.4, 0.5) is 0 Å². The number of amides is 1. The van der Waals surface area contributed by atoms with Crippen molar-refractivity contribution in [3.05, 3.63) is 59.7 Å². The van der Waals surface area contributed by atoms with Gasteiger partial charge in [-0.25, -0.2) is 8.42 Å². The van der Waals surface area contributed by atoms with E-state index < -0.39 is 16.1 Å². The van der Waals surface area contributed by atoms with E-state index in [0.717, 1.165) is 43.2 Å². The molecule has 1 amide bonds. The van der Waals surface area contributed by atoms with Crippen LogP contribution < -0.4 is 10.1 Å². The molecule has 1 atom stereocenters. The minimum absolute atomic E-state index is 0.168. The van der Waals surface area contributed by atoms with Gasteiger partial charge in [-0.1, -0.05) is 43.2 Å². The zero-order valence-corrected chi connectivity index (χ0v) is 17.9. The summed E-state index contributed by atoms with van der Waals surface area (Å²) in [6.07, 6.45) is 4.47. The van der Waals surface area contributed by atoms with Crippen molar-refractivity contribution >= 4 is 15.9 Å². The third-order valence-electron chi connectivity index (χ3n) is 5.76. The maximum absolute atomic E-state index is 13.0. The molecule has 2 aliphatic rings. The highest BCUT2D eigenvalue weighted by Gasteiger charge is 2.32. The molecule has 4 rings (SSSR count). The van der Waals surface area contributed by atoms with Crippen LogP contribution in [0.5, 0.6) is 5.75 Å². The normalized spacial score (nSPS) is 19.5. The Morgan fingerprint density at radius 2 is 1.77 bits per heavy atom. The summed E-state index contributed by atoms with van der Waals surface area (Å²) in [5.41, 5.74) is 1.94. The lowest BCUT2D eigenvalue weighted by Gasteiger charge is -2.20. The van der Waals surface area contributed by atoms with Crippen molar-refractivity contribution in [2.75, 3.05) is 19.6 Å². The summed E-state index contributed by atoms with van der Waals surface area (Å²) in [6, 6.07) is 14.9. The van der Waals surface area contributed by atoms with Crippen molar-refractivity contribution in [1.29, 1.82) is 0 Å². The van der Waals surface area contributed by atoms with Crippen LogP contribution in [-0.4, -0.2) is 44.4 Å².